The van der Waals surface area contributed by atoms with Gasteiger partial charge in [0.25, 0.3) is 5.88 Å². The fraction of sp³-hybridized carbons (Fsp3) is 0.615. The molecule has 0 bridgehead atoms. The Balaban J connectivity index is 1.88. The highest BCUT2D eigenvalue weighted by Crippen LogP contribution is 2.20. The number of ether oxygens (including phenoxy) is 3. The van der Waals surface area contributed by atoms with Gasteiger partial charge < -0.3 is 14.2 Å². The second-order valence-corrected chi connectivity index (χ2v) is 9.02. The molecule has 0 radical (unpaired) electrons. The monoisotopic (exact) mass is 489 g/mol. The van der Waals surface area contributed by atoms with Gasteiger partial charge >= 0.3 is 17.2 Å². The van der Waals surface area contributed by atoms with Crippen LogP contribution in [0.15, 0.2) is 33.9 Å². The lowest BCUT2D eigenvalue weighted by Gasteiger charge is -2.24. The van der Waals surface area contributed by atoms with Crippen LogP contribution in [0.25, 0.3) is 0 Å². The number of aromatic nitrogens is 3. The summed E-state index contributed by atoms with van der Waals surface area (Å²) in [7, 11) is 1.44. The molecule has 9 heteroatoms. The maximum atomic E-state index is 12.4. The van der Waals surface area contributed by atoms with Crippen LogP contribution in [0.2, 0.25) is 0 Å². The van der Waals surface area contributed by atoms with Gasteiger partial charge in [-0.2, -0.15) is 0 Å². The van der Waals surface area contributed by atoms with E-state index in [1.807, 2.05) is 24.3 Å². The predicted molar refractivity (Wildman–Crippen MR) is 134 cm³/mol. The number of nitrogens with zero attached hydrogens (tertiary/aromatic N) is 3. The van der Waals surface area contributed by atoms with Crippen LogP contribution in [-0.2, 0) is 29.5 Å². The van der Waals surface area contributed by atoms with Crippen molar-refractivity contribution in [3.05, 3.63) is 50.7 Å². The smallest absolute Gasteiger partial charge is 0.349 e. The maximum Gasteiger partial charge on any atom is 0.349 e. The van der Waals surface area contributed by atoms with Crippen molar-refractivity contribution in [1.82, 2.24) is 14.3 Å². The zero-order valence-corrected chi connectivity index (χ0v) is 21.7. The van der Waals surface area contributed by atoms with Gasteiger partial charge in [0.2, 0.25) is 0 Å². The van der Waals surface area contributed by atoms with Crippen LogP contribution < -0.4 is 20.7 Å². The zero-order valence-electron chi connectivity index (χ0n) is 21.7. The molecule has 2 rings (SSSR count). The van der Waals surface area contributed by atoms with Crippen LogP contribution in [0.1, 0.15) is 71.8 Å². The van der Waals surface area contributed by atoms with Crippen LogP contribution in [-0.4, -0.2) is 39.1 Å². The molecular weight excluding hydrogens is 450 g/mol. The Labute approximate surface area is 207 Å². The van der Waals surface area contributed by atoms with Crippen molar-refractivity contribution in [3.8, 4) is 11.6 Å². The number of hydrogen-bond acceptors (Lipinski definition) is 7. The molecule has 0 spiro atoms. The molecule has 0 aliphatic heterocycles. The summed E-state index contributed by atoms with van der Waals surface area (Å²) in [6, 6.07) is 7.47. The average Bonchev–Trinajstić information content (AvgIpc) is 2.83. The van der Waals surface area contributed by atoms with E-state index in [-0.39, 0.29) is 5.88 Å². The maximum absolute atomic E-state index is 12.4. The molecule has 194 valence electrons. The first-order chi connectivity index (χ1) is 16.7. The van der Waals surface area contributed by atoms with Gasteiger partial charge in [-0.25, -0.2) is 14.3 Å². The minimum absolute atomic E-state index is 0.0504. The number of hydrogen-bond donors (Lipinski definition) is 0. The third-order valence-corrected chi connectivity index (χ3v) is 5.59. The van der Waals surface area contributed by atoms with Gasteiger partial charge in [-0.3, -0.25) is 9.36 Å². The highest BCUT2D eigenvalue weighted by molar-refractivity contribution is 5.79. The fourth-order valence-corrected chi connectivity index (χ4v) is 3.51. The number of aryl methyl sites for hydroxylation is 2. The molecule has 1 heterocycles. The lowest BCUT2D eigenvalue weighted by molar-refractivity contribution is -0.158. The van der Waals surface area contributed by atoms with Gasteiger partial charge in [-0.15, -0.1) is 5.10 Å². The van der Waals surface area contributed by atoms with Crippen molar-refractivity contribution in [2.75, 3.05) is 13.2 Å². The van der Waals surface area contributed by atoms with E-state index in [0.29, 0.717) is 31.9 Å². The number of rotatable bonds is 15. The first-order valence-electron chi connectivity index (χ1n) is 12.5. The normalized spacial score (nSPS) is 11.3. The molecule has 0 aliphatic rings. The second-order valence-electron chi connectivity index (χ2n) is 9.02. The van der Waals surface area contributed by atoms with Crippen LogP contribution >= 0.6 is 0 Å². The number of unbranched alkanes of at least 4 members (excludes halogenated alkanes) is 4. The first kappa shape index (κ1) is 28.1. The molecule has 0 aliphatic carbocycles. The molecule has 0 fully saturated rings. The van der Waals surface area contributed by atoms with Gasteiger partial charge in [0.05, 0.1) is 13.2 Å². The van der Waals surface area contributed by atoms with E-state index in [1.165, 1.54) is 18.2 Å². The molecule has 0 saturated heterocycles. The van der Waals surface area contributed by atoms with E-state index in [2.05, 4.69) is 12.0 Å². The van der Waals surface area contributed by atoms with Crippen LogP contribution in [0.3, 0.4) is 0 Å². The van der Waals surface area contributed by atoms with Crippen molar-refractivity contribution in [2.45, 2.75) is 84.8 Å². The summed E-state index contributed by atoms with van der Waals surface area (Å²) in [5.41, 5.74) is -0.960. The zero-order chi connectivity index (χ0) is 25.8. The summed E-state index contributed by atoms with van der Waals surface area (Å²) in [4.78, 5) is 36.7. The van der Waals surface area contributed by atoms with Crippen LogP contribution in [0.4, 0.5) is 0 Å². The molecule has 0 atom stereocenters. The highest BCUT2D eigenvalue weighted by atomic mass is 16.6. The van der Waals surface area contributed by atoms with Gasteiger partial charge in [0.15, 0.2) is 5.60 Å². The summed E-state index contributed by atoms with van der Waals surface area (Å²) in [5, 5.41) is 4.16. The fourth-order valence-electron chi connectivity index (χ4n) is 3.51. The Kier molecular flexibility index (Phi) is 11.0. The Hall–Kier alpha value is -3.10. The second kappa shape index (κ2) is 13.7. The minimum Gasteiger partial charge on any atom is -0.476 e. The molecule has 0 N–H and O–H groups in total. The predicted octanol–water partition coefficient (Wildman–Crippen LogP) is 3.64. The third-order valence-electron chi connectivity index (χ3n) is 5.59. The average molecular weight is 490 g/mol. The van der Waals surface area contributed by atoms with E-state index in [1.54, 1.807) is 20.8 Å². The van der Waals surface area contributed by atoms with E-state index in [4.69, 9.17) is 14.2 Å². The van der Waals surface area contributed by atoms with Gasteiger partial charge in [0.1, 0.15) is 5.75 Å². The Morgan fingerprint density at radius 1 is 1.00 bits per heavy atom. The summed E-state index contributed by atoms with van der Waals surface area (Å²) >= 11 is 0. The summed E-state index contributed by atoms with van der Waals surface area (Å²) in [6.45, 7) is 8.32. The summed E-state index contributed by atoms with van der Waals surface area (Å²) in [6.07, 6.45) is 6.68. The Bertz CT molecular complexity index is 1060. The quantitative estimate of drug-likeness (QED) is 0.278. The molecule has 2 aromatic rings. The van der Waals surface area contributed by atoms with Crippen LogP contribution in [0.5, 0.6) is 11.6 Å². The van der Waals surface area contributed by atoms with E-state index in [9.17, 15) is 14.4 Å². The molecule has 9 nitrogen and oxygen atoms in total. The van der Waals surface area contributed by atoms with Gasteiger partial charge in [-0.1, -0.05) is 44.7 Å². The largest absolute Gasteiger partial charge is 0.476 e. The molecule has 0 amide bonds. The lowest BCUT2D eigenvalue weighted by Crippen LogP contribution is -2.40. The topological polar surface area (TPSA) is 102 Å². The van der Waals surface area contributed by atoms with Crippen molar-refractivity contribution in [1.29, 1.82) is 0 Å². The van der Waals surface area contributed by atoms with E-state index < -0.39 is 22.8 Å². The number of carbonyl (C=O) groups is 1. The highest BCUT2D eigenvalue weighted by Gasteiger charge is 2.31. The number of esters is 1. The Morgan fingerprint density at radius 3 is 2.34 bits per heavy atom. The summed E-state index contributed by atoms with van der Waals surface area (Å²) < 4.78 is 18.8. The van der Waals surface area contributed by atoms with Crippen molar-refractivity contribution in [3.63, 3.8) is 0 Å². The molecule has 0 saturated carbocycles. The number of benzene rings is 1. The molecule has 35 heavy (non-hydrogen) atoms. The molecular formula is C26H39N3O6. The first-order valence-corrected chi connectivity index (χ1v) is 12.5. The summed E-state index contributed by atoms with van der Waals surface area (Å²) in [5.74, 6) is 0.113. The van der Waals surface area contributed by atoms with E-state index >= 15 is 0 Å². The van der Waals surface area contributed by atoms with Crippen molar-refractivity contribution < 1.29 is 19.0 Å². The van der Waals surface area contributed by atoms with E-state index in [0.717, 1.165) is 42.2 Å². The number of carbonyl (C=O) groups excluding carboxylic acids is 1. The molecule has 1 aromatic heterocycles. The Morgan fingerprint density at radius 2 is 1.69 bits per heavy atom. The molecule has 1 aromatic carbocycles. The molecule has 0 unspecified atom stereocenters. The lowest BCUT2D eigenvalue weighted by atomic mass is 10.1. The van der Waals surface area contributed by atoms with Crippen molar-refractivity contribution >= 4 is 5.97 Å². The van der Waals surface area contributed by atoms with Gasteiger partial charge in [0, 0.05) is 13.6 Å². The standard InChI is InChI=1S/C26H39N3O6/c1-6-8-9-10-11-18-29-25(32)28(5)23(30)22(27-29)34-19-12-13-20-14-16-21(17-15-20)35-26(3,4)24(31)33-7-2/h14-17H,6-13,18-19H2,1-5H3. The third kappa shape index (κ3) is 8.56. The van der Waals surface area contributed by atoms with Crippen molar-refractivity contribution in [2.24, 2.45) is 7.05 Å². The minimum atomic E-state index is -1.07. The SMILES string of the molecule is CCCCCCCn1nc(OCCCc2ccc(OC(C)(C)C(=O)OCC)cc2)c(=O)n(C)c1=O. The van der Waals surface area contributed by atoms with Gasteiger partial charge in [-0.05, 0) is 57.7 Å². The van der Waals surface area contributed by atoms with Crippen LogP contribution in [0, 0.1) is 0 Å².